The summed E-state index contributed by atoms with van der Waals surface area (Å²) in [5.41, 5.74) is 1.04. The lowest BCUT2D eigenvalue weighted by Crippen LogP contribution is -2.43. The van der Waals surface area contributed by atoms with Crippen LogP contribution in [0, 0.1) is 5.92 Å². The molecule has 1 fully saturated rings. The number of amides is 3. The standard InChI is InChI=1S/C18H27N3O2/c1-15(2)14-19-18(23)21-10-6-9-20(11-12-21)17(22)13-16-7-4-3-5-8-16/h3-5,7-8,15H,6,9-14H2,1-2H3,(H,19,23). The van der Waals surface area contributed by atoms with Crippen LogP contribution in [0.25, 0.3) is 0 Å². The van der Waals surface area contributed by atoms with E-state index in [1.807, 2.05) is 40.1 Å². The van der Waals surface area contributed by atoms with E-state index < -0.39 is 0 Å². The molecule has 1 N–H and O–H groups in total. The van der Waals surface area contributed by atoms with E-state index in [1.165, 1.54) is 0 Å². The van der Waals surface area contributed by atoms with Crippen LogP contribution in [0.3, 0.4) is 0 Å². The van der Waals surface area contributed by atoms with Crippen molar-refractivity contribution in [2.45, 2.75) is 26.7 Å². The van der Waals surface area contributed by atoms with E-state index in [-0.39, 0.29) is 11.9 Å². The summed E-state index contributed by atoms with van der Waals surface area (Å²) in [4.78, 5) is 28.2. The highest BCUT2D eigenvalue weighted by molar-refractivity contribution is 5.79. The largest absolute Gasteiger partial charge is 0.341 e. The number of nitrogens with one attached hydrogen (secondary N) is 1. The predicted molar refractivity (Wildman–Crippen MR) is 91.2 cm³/mol. The second kappa shape index (κ2) is 8.56. The first kappa shape index (κ1) is 17.3. The Bertz CT molecular complexity index is 516. The fourth-order valence-electron chi connectivity index (χ4n) is 2.66. The van der Waals surface area contributed by atoms with Gasteiger partial charge in [0.25, 0.3) is 0 Å². The quantitative estimate of drug-likeness (QED) is 0.925. The van der Waals surface area contributed by atoms with Crippen molar-refractivity contribution in [1.29, 1.82) is 0 Å². The summed E-state index contributed by atoms with van der Waals surface area (Å²) in [6.45, 7) is 7.48. The van der Waals surface area contributed by atoms with Crippen LogP contribution in [0.4, 0.5) is 4.79 Å². The Morgan fingerprint density at radius 2 is 1.70 bits per heavy atom. The highest BCUT2D eigenvalue weighted by Gasteiger charge is 2.21. The zero-order valence-electron chi connectivity index (χ0n) is 14.1. The van der Waals surface area contributed by atoms with E-state index in [0.29, 0.717) is 38.5 Å². The van der Waals surface area contributed by atoms with Crippen molar-refractivity contribution in [2.75, 3.05) is 32.7 Å². The molecule has 126 valence electrons. The van der Waals surface area contributed by atoms with Gasteiger partial charge in [0.2, 0.25) is 5.91 Å². The summed E-state index contributed by atoms with van der Waals surface area (Å²) in [5.74, 6) is 0.579. The van der Waals surface area contributed by atoms with Gasteiger partial charge in [-0.2, -0.15) is 0 Å². The van der Waals surface area contributed by atoms with Crippen molar-refractivity contribution in [2.24, 2.45) is 5.92 Å². The minimum atomic E-state index is -0.0175. The van der Waals surface area contributed by atoms with Crippen molar-refractivity contribution in [3.63, 3.8) is 0 Å². The van der Waals surface area contributed by atoms with Gasteiger partial charge >= 0.3 is 6.03 Å². The highest BCUT2D eigenvalue weighted by atomic mass is 16.2. The Kier molecular flexibility index (Phi) is 6.44. The van der Waals surface area contributed by atoms with Crippen LogP contribution in [0.15, 0.2) is 30.3 Å². The maximum absolute atomic E-state index is 12.4. The zero-order valence-corrected chi connectivity index (χ0v) is 14.1. The Labute approximate surface area is 138 Å². The van der Waals surface area contributed by atoms with Crippen LogP contribution in [-0.4, -0.2) is 54.5 Å². The number of nitrogens with zero attached hydrogens (tertiary/aromatic N) is 2. The third-order valence-corrected chi connectivity index (χ3v) is 4.00. The molecule has 1 aliphatic heterocycles. The molecule has 5 heteroatoms. The Hall–Kier alpha value is -2.04. The molecular formula is C18H27N3O2. The van der Waals surface area contributed by atoms with Crippen molar-refractivity contribution < 1.29 is 9.59 Å². The minimum absolute atomic E-state index is 0.0175. The van der Waals surface area contributed by atoms with Gasteiger partial charge in [-0.25, -0.2) is 4.79 Å². The van der Waals surface area contributed by atoms with Gasteiger partial charge in [0.15, 0.2) is 0 Å². The lowest BCUT2D eigenvalue weighted by atomic mass is 10.1. The maximum atomic E-state index is 12.4. The molecule has 1 aliphatic rings. The first-order valence-corrected chi connectivity index (χ1v) is 8.40. The molecule has 0 spiro atoms. The molecule has 2 rings (SSSR count). The van der Waals surface area contributed by atoms with Crippen LogP contribution in [-0.2, 0) is 11.2 Å². The first-order valence-electron chi connectivity index (χ1n) is 8.40. The topological polar surface area (TPSA) is 52.7 Å². The summed E-state index contributed by atoms with van der Waals surface area (Å²) >= 11 is 0. The van der Waals surface area contributed by atoms with E-state index in [1.54, 1.807) is 0 Å². The summed E-state index contributed by atoms with van der Waals surface area (Å²) in [7, 11) is 0. The average molecular weight is 317 g/mol. The van der Waals surface area contributed by atoms with Crippen LogP contribution in [0.5, 0.6) is 0 Å². The Morgan fingerprint density at radius 3 is 2.39 bits per heavy atom. The first-order chi connectivity index (χ1) is 11.1. The number of hydrogen-bond acceptors (Lipinski definition) is 2. The second-order valence-corrected chi connectivity index (χ2v) is 6.46. The van der Waals surface area contributed by atoms with Crippen molar-refractivity contribution in [3.8, 4) is 0 Å². The van der Waals surface area contributed by atoms with Crippen LogP contribution < -0.4 is 5.32 Å². The molecule has 0 unspecified atom stereocenters. The third-order valence-electron chi connectivity index (χ3n) is 4.00. The molecular weight excluding hydrogens is 290 g/mol. The van der Waals surface area contributed by atoms with Crippen molar-refractivity contribution in [3.05, 3.63) is 35.9 Å². The van der Waals surface area contributed by atoms with E-state index in [9.17, 15) is 9.59 Å². The average Bonchev–Trinajstić information content (AvgIpc) is 2.79. The van der Waals surface area contributed by atoms with Gasteiger partial charge in [0, 0.05) is 32.7 Å². The molecule has 0 radical (unpaired) electrons. The molecule has 1 heterocycles. The normalized spacial score (nSPS) is 15.4. The second-order valence-electron chi connectivity index (χ2n) is 6.46. The van der Waals surface area contributed by atoms with Crippen LogP contribution in [0.2, 0.25) is 0 Å². The Morgan fingerprint density at radius 1 is 1.04 bits per heavy atom. The Balaban J connectivity index is 1.83. The number of carbonyl (C=O) groups excluding carboxylic acids is 2. The zero-order chi connectivity index (χ0) is 16.7. The number of hydrogen-bond donors (Lipinski definition) is 1. The fourth-order valence-corrected chi connectivity index (χ4v) is 2.66. The predicted octanol–water partition coefficient (Wildman–Crippen LogP) is 2.13. The number of benzene rings is 1. The number of urea groups is 1. The monoisotopic (exact) mass is 317 g/mol. The summed E-state index contributed by atoms with van der Waals surface area (Å²) in [5, 5.41) is 2.95. The summed E-state index contributed by atoms with van der Waals surface area (Å²) in [6, 6.07) is 9.78. The lowest BCUT2D eigenvalue weighted by molar-refractivity contribution is -0.130. The van der Waals surface area contributed by atoms with Crippen LogP contribution >= 0.6 is 0 Å². The van der Waals surface area contributed by atoms with E-state index >= 15 is 0 Å². The van der Waals surface area contributed by atoms with Gasteiger partial charge in [-0.05, 0) is 17.9 Å². The van der Waals surface area contributed by atoms with Crippen molar-refractivity contribution in [1.82, 2.24) is 15.1 Å². The van der Waals surface area contributed by atoms with E-state index in [4.69, 9.17) is 0 Å². The number of carbonyl (C=O) groups is 2. The van der Waals surface area contributed by atoms with Gasteiger partial charge in [-0.15, -0.1) is 0 Å². The maximum Gasteiger partial charge on any atom is 0.317 e. The minimum Gasteiger partial charge on any atom is -0.341 e. The molecule has 1 aromatic rings. The van der Waals surface area contributed by atoms with Crippen LogP contribution in [0.1, 0.15) is 25.8 Å². The molecule has 1 aromatic carbocycles. The molecule has 0 bridgehead atoms. The number of rotatable bonds is 4. The third kappa shape index (κ3) is 5.58. The van der Waals surface area contributed by atoms with E-state index in [0.717, 1.165) is 18.5 Å². The highest BCUT2D eigenvalue weighted by Crippen LogP contribution is 2.08. The molecule has 5 nitrogen and oxygen atoms in total. The SMILES string of the molecule is CC(C)CNC(=O)N1CCCN(C(=O)Cc2ccccc2)CC1. The molecule has 0 aliphatic carbocycles. The molecule has 0 atom stereocenters. The lowest BCUT2D eigenvalue weighted by Gasteiger charge is -2.23. The van der Waals surface area contributed by atoms with E-state index in [2.05, 4.69) is 19.2 Å². The van der Waals surface area contributed by atoms with Gasteiger partial charge in [-0.1, -0.05) is 44.2 Å². The summed E-state index contributed by atoms with van der Waals surface area (Å²) < 4.78 is 0. The fraction of sp³-hybridized carbons (Fsp3) is 0.556. The van der Waals surface area contributed by atoms with Gasteiger partial charge in [0.05, 0.1) is 6.42 Å². The molecule has 3 amide bonds. The molecule has 1 saturated heterocycles. The van der Waals surface area contributed by atoms with Crippen molar-refractivity contribution >= 4 is 11.9 Å². The van der Waals surface area contributed by atoms with Gasteiger partial charge in [0.1, 0.15) is 0 Å². The molecule has 23 heavy (non-hydrogen) atoms. The molecule has 0 aromatic heterocycles. The van der Waals surface area contributed by atoms with Gasteiger partial charge < -0.3 is 15.1 Å². The molecule has 0 saturated carbocycles. The summed E-state index contributed by atoms with van der Waals surface area (Å²) in [6.07, 6.45) is 1.26. The van der Waals surface area contributed by atoms with Gasteiger partial charge in [-0.3, -0.25) is 4.79 Å². The smallest absolute Gasteiger partial charge is 0.317 e.